The highest BCUT2D eigenvalue weighted by molar-refractivity contribution is 9.10. The summed E-state index contributed by atoms with van der Waals surface area (Å²) in [4.78, 5) is 2.53. The summed E-state index contributed by atoms with van der Waals surface area (Å²) in [6.45, 7) is 7.84. The minimum absolute atomic E-state index is 0.271. The lowest BCUT2D eigenvalue weighted by atomic mass is 9.90. The standard InChI is InChI=1S/C18H23BrN2/c1-3-18(4-2)13-21(10-9-20-18)17-8-6-14-11-16(19)7-5-15(14)12-17/h5-8,11-12,20H,3-4,9-10,13H2,1-2H3. The van der Waals surface area contributed by atoms with Crippen LogP contribution in [0, 0.1) is 0 Å². The van der Waals surface area contributed by atoms with Gasteiger partial charge in [0.25, 0.3) is 0 Å². The maximum Gasteiger partial charge on any atom is 0.0373 e. The van der Waals surface area contributed by atoms with Crippen molar-refractivity contribution in [1.29, 1.82) is 0 Å². The van der Waals surface area contributed by atoms with Crippen LogP contribution in [0.2, 0.25) is 0 Å². The first-order valence-corrected chi connectivity index (χ1v) is 8.64. The van der Waals surface area contributed by atoms with Crippen LogP contribution in [0.3, 0.4) is 0 Å². The zero-order valence-electron chi connectivity index (χ0n) is 12.8. The minimum atomic E-state index is 0.271. The van der Waals surface area contributed by atoms with Crippen molar-refractivity contribution >= 4 is 32.4 Å². The predicted molar refractivity (Wildman–Crippen MR) is 95.2 cm³/mol. The van der Waals surface area contributed by atoms with E-state index < -0.39 is 0 Å². The first kappa shape index (κ1) is 14.9. The Bertz CT molecular complexity index is 634. The van der Waals surface area contributed by atoms with Crippen LogP contribution in [0.4, 0.5) is 5.69 Å². The number of piperazine rings is 1. The molecule has 1 fully saturated rings. The zero-order valence-corrected chi connectivity index (χ0v) is 14.4. The number of benzene rings is 2. The number of halogens is 1. The molecule has 2 aromatic rings. The van der Waals surface area contributed by atoms with Crippen molar-refractivity contribution in [2.45, 2.75) is 32.2 Å². The van der Waals surface area contributed by atoms with Gasteiger partial charge in [0, 0.05) is 35.3 Å². The van der Waals surface area contributed by atoms with Gasteiger partial charge < -0.3 is 10.2 Å². The Hall–Kier alpha value is -1.06. The highest BCUT2D eigenvalue weighted by Gasteiger charge is 2.31. The molecule has 0 radical (unpaired) electrons. The smallest absolute Gasteiger partial charge is 0.0373 e. The molecule has 2 aromatic carbocycles. The van der Waals surface area contributed by atoms with E-state index in [0.717, 1.165) is 24.1 Å². The molecule has 21 heavy (non-hydrogen) atoms. The Balaban J connectivity index is 1.91. The van der Waals surface area contributed by atoms with E-state index in [2.05, 4.69) is 76.4 Å². The molecule has 0 spiro atoms. The van der Waals surface area contributed by atoms with E-state index in [1.165, 1.54) is 29.3 Å². The number of nitrogens with zero attached hydrogens (tertiary/aromatic N) is 1. The zero-order chi connectivity index (χ0) is 14.9. The van der Waals surface area contributed by atoms with Gasteiger partial charge >= 0.3 is 0 Å². The summed E-state index contributed by atoms with van der Waals surface area (Å²) in [5.41, 5.74) is 1.62. The number of rotatable bonds is 3. The van der Waals surface area contributed by atoms with E-state index in [1.54, 1.807) is 0 Å². The van der Waals surface area contributed by atoms with Gasteiger partial charge in [-0.3, -0.25) is 0 Å². The van der Waals surface area contributed by atoms with E-state index in [-0.39, 0.29) is 5.54 Å². The van der Waals surface area contributed by atoms with Crippen LogP contribution >= 0.6 is 15.9 Å². The fourth-order valence-corrected chi connectivity index (χ4v) is 3.68. The first-order chi connectivity index (χ1) is 10.2. The van der Waals surface area contributed by atoms with E-state index in [0.29, 0.717) is 0 Å². The van der Waals surface area contributed by atoms with Gasteiger partial charge in [0.05, 0.1) is 0 Å². The molecule has 3 heteroatoms. The van der Waals surface area contributed by atoms with Gasteiger partial charge in [-0.05, 0) is 47.9 Å². The van der Waals surface area contributed by atoms with Crippen LogP contribution in [0.15, 0.2) is 40.9 Å². The highest BCUT2D eigenvalue weighted by Crippen LogP contribution is 2.28. The van der Waals surface area contributed by atoms with E-state index in [4.69, 9.17) is 0 Å². The molecule has 112 valence electrons. The van der Waals surface area contributed by atoms with Crippen molar-refractivity contribution < 1.29 is 0 Å². The van der Waals surface area contributed by atoms with Gasteiger partial charge in [-0.15, -0.1) is 0 Å². The van der Waals surface area contributed by atoms with Crippen molar-refractivity contribution in [3.63, 3.8) is 0 Å². The number of hydrogen-bond donors (Lipinski definition) is 1. The van der Waals surface area contributed by atoms with Crippen molar-refractivity contribution in [3.05, 3.63) is 40.9 Å². The summed E-state index contributed by atoms with van der Waals surface area (Å²) in [5.74, 6) is 0. The number of hydrogen-bond acceptors (Lipinski definition) is 2. The average Bonchev–Trinajstić information content (AvgIpc) is 2.54. The van der Waals surface area contributed by atoms with Gasteiger partial charge in [-0.2, -0.15) is 0 Å². The number of fused-ring (bicyclic) bond motifs is 1. The largest absolute Gasteiger partial charge is 0.368 e. The summed E-state index contributed by atoms with van der Waals surface area (Å²) in [5, 5.41) is 6.33. The fourth-order valence-electron chi connectivity index (χ4n) is 3.30. The molecule has 1 aliphatic rings. The molecule has 1 N–H and O–H groups in total. The third-order valence-corrected chi connectivity index (χ3v) is 5.37. The third kappa shape index (κ3) is 2.95. The molecular formula is C18H23BrN2. The highest BCUT2D eigenvalue weighted by atomic mass is 79.9. The summed E-state index contributed by atoms with van der Waals surface area (Å²) in [6.07, 6.45) is 2.36. The lowest BCUT2D eigenvalue weighted by Gasteiger charge is -2.44. The summed E-state index contributed by atoms with van der Waals surface area (Å²) < 4.78 is 1.14. The number of nitrogens with one attached hydrogen (secondary N) is 1. The number of anilines is 1. The van der Waals surface area contributed by atoms with Crippen molar-refractivity contribution in [1.82, 2.24) is 5.32 Å². The summed E-state index contributed by atoms with van der Waals surface area (Å²) in [7, 11) is 0. The van der Waals surface area contributed by atoms with Crippen molar-refractivity contribution in [3.8, 4) is 0 Å². The SMILES string of the molecule is CCC1(CC)CN(c2ccc3cc(Br)ccc3c2)CCN1. The quantitative estimate of drug-likeness (QED) is 0.875. The van der Waals surface area contributed by atoms with Crippen LogP contribution < -0.4 is 10.2 Å². The van der Waals surface area contributed by atoms with Gasteiger partial charge in [-0.25, -0.2) is 0 Å². The summed E-state index contributed by atoms with van der Waals surface area (Å²) >= 11 is 3.54. The molecule has 0 aliphatic carbocycles. The Morgan fingerprint density at radius 2 is 1.81 bits per heavy atom. The van der Waals surface area contributed by atoms with Crippen LogP contribution in [-0.4, -0.2) is 25.2 Å². The first-order valence-electron chi connectivity index (χ1n) is 7.85. The molecule has 1 aliphatic heterocycles. The lowest BCUT2D eigenvalue weighted by molar-refractivity contribution is 0.277. The Morgan fingerprint density at radius 3 is 2.57 bits per heavy atom. The normalized spacial score (nSPS) is 18.1. The maximum absolute atomic E-state index is 3.73. The predicted octanol–water partition coefficient (Wildman–Crippen LogP) is 4.57. The molecule has 1 heterocycles. The third-order valence-electron chi connectivity index (χ3n) is 4.88. The maximum atomic E-state index is 3.73. The molecule has 0 unspecified atom stereocenters. The van der Waals surface area contributed by atoms with E-state index in [1.807, 2.05) is 0 Å². The van der Waals surface area contributed by atoms with Gasteiger partial charge in [-0.1, -0.05) is 41.9 Å². The van der Waals surface area contributed by atoms with Gasteiger partial charge in [0.15, 0.2) is 0 Å². The van der Waals surface area contributed by atoms with Gasteiger partial charge in [0.1, 0.15) is 0 Å². The van der Waals surface area contributed by atoms with Crippen LogP contribution in [0.25, 0.3) is 10.8 Å². The van der Waals surface area contributed by atoms with Gasteiger partial charge in [0.2, 0.25) is 0 Å². The molecule has 0 aromatic heterocycles. The van der Waals surface area contributed by atoms with Crippen LogP contribution in [-0.2, 0) is 0 Å². The second-order valence-corrected chi connectivity index (χ2v) is 6.93. The van der Waals surface area contributed by atoms with Crippen LogP contribution in [0.5, 0.6) is 0 Å². The van der Waals surface area contributed by atoms with E-state index >= 15 is 0 Å². The Labute approximate surface area is 135 Å². The molecule has 0 amide bonds. The van der Waals surface area contributed by atoms with E-state index in [9.17, 15) is 0 Å². The lowest BCUT2D eigenvalue weighted by Crippen LogP contribution is -2.60. The fraction of sp³-hybridized carbons (Fsp3) is 0.444. The molecule has 1 saturated heterocycles. The molecule has 0 saturated carbocycles. The topological polar surface area (TPSA) is 15.3 Å². The second kappa shape index (κ2) is 5.98. The van der Waals surface area contributed by atoms with Crippen molar-refractivity contribution in [2.75, 3.05) is 24.5 Å². The summed E-state index contributed by atoms with van der Waals surface area (Å²) in [6, 6.07) is 13.3. The average molecular weight is 347 g/mol. The van der Waals surface area contributed by atoms with Crippen LogP contribution in [0.1, 0.15) is 26.7 Å². The molecule has 0 atom stereocenters. The second-order valence-electron chi connectivity index (χ2n) is 6.01. The Morgan fingerprint density at radius 1 is 1.10 bits per heavy atom. The molecular weight excluding hydrogens is 324 g/mol. The molecule has 0 bridgehead atoms. The minimum Gasteiger partial charge on any atom is -0.368 e. The Kier molecular flexibility index (Phi) is 4.23. The van der Waals surface area contributed by atoms with Crippen molar-refractivity contribution in [2.24, 2.45) is 0 Å². The molecule has 2 nitrogen and oxygen atoms in total. The monoisotopic (exact) mass is 346 g/mol. The molecule has 3 rings (SSSR count).